The topological polar surface area (TPSA) is 34.1 Å². The Kier molecular flexibility index (Phi) is 3.92. The maximum atomic E-state index is 12.7. The van der Waals surface area contributed by atoms with Crippen LogP contribution in [0.25, 0.3) is 0 Å². The molecule has 1 atom stereocenters. The van der Waals surface area contributed by atoms with Gasteiger partial charge < -0.3 is 10.1 Å². The molecule has 0 fully saturated rings. The third kappa shape index (κ3) is 3.16. The lowest BCUT2D eigenvalue weighted by Gasteiger charge is -2.26. The van der Waals surface area contributed by atoms with Crippen molar-refractivity contribution in [1.82, 2.24) is 4.98 Å². The fourth-order valence-corrected chi connectivity index (χ4v) is 2.55. The Balaban J connectivity index is 1.71. The molecule has 0 aliphatic carbocycles. The van der Waals surface area contributed by atoms with Crippen molar-refractivity contribution in [2.24, 2.45) is 0 Å². The molecule has 3 rings (SSSR count). The molecule has 2 aromatic rings. The molecule has 22 heavy (non-hydrogen) atoms. The highest BCUT2D eigenvalue weighted by molar-refractivity contribution is 5.41. The molecule has 0 spiro atoms. The monoisotopic (exact) mass is 308 g/mol. The first-order chi connectivity index (χ1) is 10.5. The van der Waals surface area contributed by atoms with Gasteiger partial charge in [0.25, 0.3) is 0 Å². The second kappa shape index (κ2) is 5.87. The summed E-state index contributed by atoms with van der Waals surface area (Å²) >= 11 is 0. The van der Waals surface area contributed by atoms with Crippen LogP contribution in [0, 0.1) is 0 Å². The highest BCUT2D eigenvalue weighted by atomic mass is 19.4. The number of pyridine rings is 1. The van der Waals surface area contributed by atoms with E-state index in [1.807, 2.05) is 24.3 Å². The van der Waals surface area contributed by atoms with Crippen LogP contribution in [-0.2, 0) is 6.18 Å². The number of hydrogen-bond donors (Lipinski definition) is 1. The number of alkyl halides is 3. The van der Waals surface area contributed by atoms with Gasteiger partial charge in [0.2, 0.25) is 0 Å². The van der Waals surface area contributed by atoms with Gasteiger partial charge in [-0.3, -0.25) is 0 Å². The third-order valence-corrected chi connectivity index (χ3v) is 3.65. The van der Waals surface area contributed by atoms with Gasteiger partial charge in [0, 0.05) is 12.5 Å². The van der Waals surface area contributed by atoms with Gasteiger partial charge in [-0.05, 0) is 30.2 Å². The van der Waals surface area contributed by atoms with Crippen molar-refractivity contribution in [1.29, 1.82) is 0 Å². The van der Waals surface area contributed by atoms with Crippen LogP contribution in [0.3, 0.4) is 0 Å². The molecule has 1 aliphatic rings. The summed E-state index contributed by atoms with van der Waals surface area (Å²) in [5.74, 6) is 1.28. The zero-order chi connectivity index (χ0) is 15.6. The van der Waals surface area contributed by atoms with E-state index in [0.717, 1.165) is 23.8 Å². The molecular formula is C16H15F3N2O. The Hall–Kier alpha value is -2.24. The highest BCUT2D eigenvalue weighted by Gasteiger charge is 2.32. The zero-order valence-corrected chi connectivity index (χ0v) is 11.7. The first-order valence-corrected chi connectivity index (χ1v) is 7.04. The summed E-state index contributed by atoms with van der Waals surface area (Å²) in [5, 5.41) is 3.00. The molecule has 116 valence electrons. The summed E-state index contributed by atoms with van der Waals surface area (Å²) in [6.07, 6.45) is -3.61. The molecule has 6 heteroatoms. The predicted octanol–water partition coefficient (Wildman–Crippen LogP) is 4.08. The fourth-order valence-electron chi connectivity index (χ4n) is 2.55. The first kappa shape index (κ1) is 14.7. The van der Waals surface area contributed by atoms with Crippen LogP contribution in [0.1, 0.15) is 23.6 Å². The average Bonchev–Trinajstić information content (AvgIpc) is 2.52. The second-order valence-corrected chi connectivity index (χ2v) is 5.16. The van der Waals surface area contributed by atoms with E-state index in [0.29, 0.717) is 13.2 Å². The van der Waals surface area contributed by atoms with Crippen LogP contribution in [0.4, 0.5) is 19.0 Å². The van der Waals surface area contributed by atoms with E-state index in [2.05, 4.69) is 10.3 Å². The van der Waals surface area contributed by atoms with Gasteiger partial charge in [-0.1, -0.05) is 24.3 Å². The van der Waals surface area contributed by atoms with Crippen LogP contribution in [0.2, 0.25) is 0 Å². The number of nitrogens with zero attached hydrogens (tertiary/aromatic N) is 1. The number of halogens is 3. The number of para-hydroxylation sites is 1. The molecule has 3 nitrogen and oxygen atoms in total. The molecule has 0 saturated carbocycles. The summed E-state index contributed by atoms with van der Waals surface area (Å²) < 4.78 is 43.5. The Morgan fingerprint density at radius 1 is 1.14 bits per heavy atom. The van der Waals surface area contributed by atoms with E-state index in [9.17, 15) is 13.2 Å². The quantitative estimate of drug-likeness (QED) is 0.928. The molecule has 1 aromatic carbocycles. The lowest BCUT2D eigenvalue weighted by molar-refractivity contribution is -0.141. The summed E-state index contributed by atoms with van der Waals surface area (Å²) in [6, 6.07) is 11.6. The lowest BCUT2D eigenvalue weighted by Crippen LogP contribution is -2.21. The smallest absolute Gasteiger partial charge is 0.433 e. The van der Waals surface area contributed by atoms with Crippen molar-refractivity contribution in [2.45, 2.75) is 18.5 Å². The Morgan fingerprint density at radius 3 is 2.77 bits per heavy atom. The van der Waals surface area contributed by atoms with Crippen LogP contribution >= 0.6 is 0 Å². The number of nitrogens with one attached hydrogen (secondary N) is 1. The molecule has 1 N–H and O–H groups in total. The van der Waals surface area contributed by atoms with E-state index < -0.39 is 11.9 Å². The molecule has 0 radical (unpaired) electrons. The van der Waals surface area contributed by atoms with Crippen LogP contribution < -0.4 is 10.1 Å². The molecule has 0 amide bonds. The molecule has 0 bridgehead atoms. The number of anilines is 1. The molecule has 0 saturated heterocycles. The van der Waals surface area contributed by atoms with Gasteiger partial charge in [-0.2, -0.15) is 13.2 Å². The minimum absolute atomic E-state index is 0.196. The van der Waals surface area contributed by atoms with Crippen molar-refractivity contribution in [3.05, 3.63) is 53.7 Å². The maximum Gasteiger partial charge on any atom is 0.433 e. The van der Waals surface area contributed by atoms with E-state index in [4.69, 9.17) is 4.74 Å². The Labute approximate surface area is 126 Å². The molecule has 1 aromatic heterocycles. The fraction of sp³-hybridized carbons (Fsp3) is 0.312. The minimum atomic E-state index is -4.43. The number of benzene rings is 1. The van der Waals surface area contributed by atoms with Gasteiger partial charge in [0.15, 0.2) is 0 Å². The normalized spacial score (nSPS) is 17.5. The van der Waals surface area contributed by atoms with Crippen molar-refractivity contribution in [3.63, 3.8) is 0 Å². The maximum absolute atomic E-state index is 12.7. The van der Waals surface area contributed by atoms with Crippen molar-refractivity contribution in [3.8, 4) is 5.75 Å². The number of hydrogen-bond acceptors (Lipinski definition) is 3. The van der Waals surface area contributed by atoms with E-state index in [1.165, 1.54) is 6.07 Å². The SMILES string of the molecule is FC(F)(F)c1cccc(NCC2CCOc3ccccc32)n1. The van der Waals surface area contributed by atoms with Crippen LogP contribution in [0.15, 0.2) is 42.5 Å². The number of rotatable bonds is 3. The summed E-state index contributed by atoms with van der Waals surface area (Å²) in [4.78, 5) is 3.62. The van der Waals surface area contributed by atoms with Gasteiger partial charge in [0.05, 0.1) is 6.61 Å². The highest BCUT2D eigenvalue weighted by Crippen LogP contribution is 2.33. The standard InChI is InChI=1S/C16H15F3N2O/c17-16(18,19)14-6-3-7-15(21-14)20-10-11-8-9-22-13-5-2-1-4-12(11)13/h1-7,11H,8-10H2,(H,20,21). The average molecular weight is 308 g/mol. The van der Waals surface area contributed by atoms with Crippen LogP contribution in [-0.4, -0.2) is 18.1 Å². The number of aromatic nitrogens is 1. The Bertz CT molecular complexity index is 658. The Morgan fingerprint density at radius 2 is 1.95 bits per heavy atom. The third-order valence-electron chi connectivity index (χ3n) is 3.65. The molecule has 2 heterocycles. The van der Waals surface area contributed by atoms with Crippen molar-refractivity contribution >= 4 is 5.82 Å². The summed E-state index contributed by atoms with van der Waals surface area (Å²) in [6.45, 7) is 1.13. The minimum Gasteiger partial charge on any atom is -0.493 e. The molecule has 1 aliphatic heterocycles. The van der Waals surface area contributed by atoms with Gasteiger partial charge in [-0.15, -0.1) is 0 Å². The van der Waals surface area contributed by atoms with Crippen molar-refractivity contribution < 1.29 is 17.9 Å². The van der Waals surface area contributed by atoms with E-state index in [1.54, 1.807) is 6.07 Å². The molecule has 1 unspecified atom stereocenters. The number of fused-ring (bicyclic) bond motifs is 1. The van der Waals surface area contributed by atoms with E-state index in [-0.39, 0.29) is 11.7 Å². The van der Waals surface area contributed by atoms with Crippen molar-refractivity contribution in [2.75, 3.05) is 18.5 Å². The lowest BCUT2D eigenvalue weighted by atomic mass is 9.93. The largest absolute Gasteiger partial charge is 0.493 e. The zero-order valence-electron chi connectivity index (χ0n) is 11.7. The van der Waals surface area contributed by atoms with Gasteiger partial charge in [0.1, 0.15) is 17.3 Å². The second-order valence-electron chi connectivity index (χ2n) is 5.16. The summed E-state index contributed by atoms with van der Waals surface area (Å²) in [5.41, 5.74) is 0.193. The van der Waals surface area contributed by atoms with Gasteiger partial charge in [-0.25, -0.2) is 4.98 Å². The number of ether oxygens (including phenoxy) is 1. The van der Waals surface area contributed by atoms with Gasteiger partial charge >= 0.3 is 6.18 Å². The summed E-state index contributed by atoms with van der Waals surface area (Å²) in [7, 11) is 0. The first-order valence-electron chi connectivity index (χ1n) is 7.04. The molecular weight excluding hydrogens is 293 g/mol. The van der Waals surface area contributed by atoms with Crippen LogP contribution in [0.5, 0.6) is 5.75 Å². The van der Waals surface area contributed by atoms with E-state index >= 15 is 0 Å². The predicted molar refractivity (Wildman–Crippen MR) is 77.0 cm³/mol.